The second-order valence-corrected chi connectivity index (χ2v) is 4.94. The first-order valence-corrected chi connectivity index (χ1v) is 6.46. The quantitative estimate of drug-likeness (QED) is 0.929. The molecule has 0 saturated heterocycles. The fourth-order valence-corrected chi connectivity index (χ4v) is 2.68. The summed E-state index contributed by atoms with van der Waals surface area (Å²) in [4.78, 5) is 0. The average Bonchev–Trinajstić information content (AvgIpc) is 2.85. The normalized spacial score (nSPS) is 12.9. The molecule has 2 aromatic heterocycles. The van der Waals surface area contributed by atoms with E-state index in [1.165, 1.54) is 5.56 Å². The van der Waals surface area contributed by atoms with E-state index in [0.717, 1.165) is 16.7 Å². The Morgan fingerprint density at radius 1 is 1.53 bits per heavy atom. The van der Waals surface area contributed by atoms with Crippen molar-refractivity contribution in [1.82, 2.24) is 5.32 Å². The number of hydrogen-bond donors (Lipinski definition) is 1. The molecule has 0 radical (unpaired) electrons. The van der Waals surface area contributed by atoms with Crippen LogP contribution in [-0.2, 0) is 6.42 Å². The Morgan fingerprint density at radius 2 is 2.40 bits per heavy atom. The van der Waals surface area contributed by atoms with Crippen LogP contribution < -0.4 is 5.32 Å². The molecule has 1 atom stereocenters. The lowest BCUT2D eigenvalue weighted by Gasteiger charge is -2.13. The van der Waals surface area contributed by atoms with E-state index in [-0.39, 0.29) is 6.04 Å². The summed E-state index contributed by atoms with van der Waals surface area (Å²) in [5.74, 6) is 0.962. The maximum Gasteiger partial charge on any atom is 0.135 e. The summed E-state index contributed by atoms with van der Waals surface area (Å²) >= 11 is 5.20. The first kappa shape index (κ1) is 10.9. The molecular formula is C11H12BrNOS. The van der Waals surface area contributed by atoms with Gasteiger partial charge in [0.2, 0.25) is 0 Å². The fourth-order valence-electron chi connectivity index (χ4n) is 1.52. The van der Waals surface area contributed by atoms with E-state index in [0.29, 0.717) is 0 Å². The van der Waals surface area contributed by atoms with Gasteiger partial charge >= 0.3 is 0 Å². The van der Waals surface area contributed by atoms with Crippen molar-refractivity contribution >= 4 is 27.3 Å². The van der Waals surface area contributed by atoms with Gasteiger partial charge in [-0.15, -0.1) is 0 Å². The Morgan fingerprint density at radius 3 is 2.93 bits per heavy atom. The summed E-state index contributed by atoms with van der Waals surface area (Å²) < 4.78 is 6.49. The smallest absolute Gasteiger partial charge is 0.135 e. The first-order valence-electron chi connectivity index (χ1n) is 4.72. The van der Waals surface area contributed by atoms with Crippen molar-refractivity contribution in [1.29, 1.82) is 0 Å². The molecule has 2 aromatic rings. The van der Waals surface area contributed by atoms with E-state index < -0.39 is 0 Å². The van der Waals surface area contributed by atoms with E-state index in [4.69, 9.17) is 4.42 Å². The van der Waals surface area contributed by atoms with Crippen molar-refractivity contribution in [2.45, 2.75) is 12.5 Å². The molecule has 0 aliphatic carbocycles. The largest absolute Gasteiger partial charge is 0.466 e. The van der Waals surface area contributed by atoms with Gasteiger partial charge in [0.15, 0.2) is 0 Å². The van der Waals surface area contributed by atoms with E-state index in [2.05, 4.69) is 38.1 Å². The summed E-state index contributed by atoms with van der Waals surface area (Å²) in [6, 6.07) is 4.29. The average molecular weight is 286 g/mol. The summed E-state index contributed by atoms with van der Waals surface area (Å²) in [6.45, 7) is 0. The number of thiophene rings is 1. The second kappa shape index (κ2) is 4.96. The molecule has 15 heavy (non-hydrogen) atoms. The van der Waals surface area contributed by atoms with Crippen LogP contribution in [0.15, 0.2) is 38.0 Å². The lowest BCUT2D eigenvalue weighted by atomic mass is 10.1. The van der Waals surface area contributed by atoms with Gasteiger partial charge in [0.1, 0.15) is 5.76 Å². The highest BCUT2D eigenvalue weighted by atomic mass is 79.9. The molecule has 2 nitrogen and oxygen atoms in total. The maximum atomic E-state index is 5.46. The van der Waals surface area contributed by atoms with Crippen LogP contribution in [0, 0.1) is 0 Å². The van der Waals surface area contributed by atoms with Gasteiger partial charge < -0.3 is 9.73 Å². The molecule has 1 N–H and O–H groups in total. The zero-order chi connectivity index (χ0) is 10.7. The van der Waals surface area contributed by atoms with Gasteiger partial charge in [-0.05, 0) is 57.9 Å². The minimum absolute atomic E-state index is 0.226. The minimum atomic E-state index is 0.226. The lowest BCUT2D eigenvalue weighted by Crippen LogP contribution is -2.18. The topological polar surface area (TPSA) is 25.2 Å². The first-order chi connectivity index (χ1) is 7.31. The molecule has 0 aliphatic rings. The van der Waals surface area contributed by atoms with Crippen molar-refractivity contribution < 1.29 is 4.42 Å². The van der Waals surface area contributed by atoms with Crippen LogP contribution in [0.25, 0.3) is 0 Å². The van der Waals surface area contributed by atoms with Crippen LogP contribution in [0.5, 0.6) is 0 Å². The predicted molar refractivity (Wildman–Crippen MR) is 66.2 cm³/mol. The third-order valence-corrected chi connectivity index (χ3v) is 3.72. The number of furan rings is 1. The fraction of sp³-hybridized carbons (Fsp3) is 0.273. The SMILES string of the molecule is CNC(Cc1ccsc1)c1occc1Br. The van der Waals surface area contributed by atoms with Crippen molar-refractivity contribution in [3.63, 3.8) is 0 Å². The molecule has 0 aromatic carbocycles. The van der Waals surface area contributed by atoms with E-state index in [9.17, 15) is 0 Å². The molecular weight excluding hydrogens is 274 g/mol. The van der Waals surface area contributed by atoms with Gasteiger partial charge in [0.25, 0.3) is 0 Å². The number of nitrogens with one attached hydrogen (secondary N) is 1. The van der Waals surface area contributed by atoms with Gasteiger partial charge in [-0.25, -0.2) is 0 Å². The highest BCUT2D eigenvalue weighted by Crippen LogP contribution is 2.27. The zero-order valence-corrected chi connectivity index (χ0v) is 10.8. The van der Waals surface area contributed by atoms with Crippen LogP contribution in [0.2, 0.25) is 0 Å². The molecule has 0 spiro atoms. The third-order valence-electron chi connectivity index (χ3n) is 2.33. The number of likely N-dealkylation sites (N-methyl/N-ethyl adjacent to an activating group) is 1. The maximum absolute atomic E-state index is 5.46. The molecule has 0 bridgehead atoms. The van der Waals surface area contributed by atoms with Gasteiger partial charge in [-0.1, -0.05) is 0 Å². The number of halogens is 1. The molecule has 2 heterocycles. The van der Waals surface area contributed by atoms with Gasteiger partial charge in [0.05, 0.1) is 16.8 Å². The van der Waals surface area contributed by atoms with Crippen molar-refractivity contribution in [3.05, 3.63) is 45.0 Å². The highest BCUT2D eigenvalue weighted by Gasteiger charge is 2.16. The van der Waals surface area contributed by atoms with E-state index >= 15 is 0 Å². The predicted octanol–water partition coefficient (Wildman–Crippen LogP) is 3.61. The number of rotatable bonds is 4. The van der Waals surface area contributed by atoms with Gasteiger partial charge in [0, 0.05) is 0 Å². The Labute approximate surface area is 101 Å². The van der Waals surface area contributed by atoms with Crippen LogP contribution >= 0.6 is 27.3 Å². The molecule has 0 amide bonds. The molecule has 1 unspecified atom stereocenters. The van der Waals surface area contributed by atoms with Crippen molar-refractivity contribution in [2.75, 3.05) is 7.05 Å². The summed E-state index contributed by atoms with van der Waals surface area (Å²) in [6.07, 6.45) is 2.66. The molecule has 0 saturated carbocycles. The Balaban J connectivity index is 2.15. The van der Waals surface area contributed by atoms with Crippen molar-refractivity contribution in [3.8, 4) is 0 Å². The van der Waals surface area contributed by atoms with Crippen LogP contribution in [0.4, 0.5) is 0 Å². The molecule has 0 aliphatic heterocycles. The van der Waals surface area contributed by atoms with Crippen LogP contribution in [0.1, 0.15) is 17.4 Å². The lowest BCUT2D eigenvalue weighted by molar-refractivity contribution is 0.427. The highest BCUT2D eigenvalue weighted by molar-refractivity contribution is 9.10. The standard InChI is InChI=1S/C11H12BrNOS/c1-13-10(6-8-3-5-15-7-8)11-9(12)2-4-14-11/h2-5,7,10,13H,6H2,1H3. The second-order valence-electron chi connectivity index (χ2n) is 3.31. The van der Waals surface area contributed by atoms with Crippen LogP contribution in [0.3, 0.4) is 0 Å². The Hall–Kier alpha value is -0.580. The molecule has 4 heteroatoms. The summed E-state index contributed by atoms with van der Waals surface area (Å²) in [7, 11) is 1.95. The van der Waals surface area contributed by atoms with E-state index in [1.807, 2.05) is 13.1 Å². The zero-order valence-electron chi connectivity index (χ0n) is 8.37. The summed E-state index contributed by atoms with van der Waals surface area (Å²) in [5.41, 5.74) is 1.34. The molecule has 80 valence electrons. The van der Waals surface area contributed by atoms with Gasteiger partial charge in [-0.3, -0.25) is 0 Å². The van der Waals surface area contributed by atoms with Crippen molar-refractivity contribution in [2.24, 2.45) is 0 Å². The Kier molecular flexibility index (Phi) is 3.61. The third kappa shape index (κ3) is 2.51. The molecule has 0 fully saturated rings. The van der Waals surface area contributed by atoms with Gasteiger partial charge in [-0.2, -0.15) is 11.3 Å². The monoisotopic (exact) mass is 285 g/mol. The van der Waals surface area contributed by atoms with Crippen LogP contribution in [-0.4, -0.2) is 7.05 Å². The van der Waals surface area contributed by atoms with E-state index in [1.54, 1.807) is 17.6 Å². The summed E-state index contributed by atoms with van der Waals surface area (Å²) in [5, 5.41) is 7.53. The molecule has 2 rings (SSSR count). The number of hydrogen-bond acceptors (Lipinski definition) is 3. The minimum Gasteiger partial charge on any atom is -0.466 e. The Bertz CT molecular complexity index is 410.